The SMILES string of the molecule is O=S(=O)(O)c1ccc(CCc2ccccc2)cc1. The fourth-order valence-electron chi connectivity index (χ4n) is 1.76. The van der Waals surface area contributed by atoms with E-state index in [1.165, 1.54) is 17.7 Å². The van der Waals surface area contributed by atoms with Crippen molar-refractivity contribution in [2.75, 3.05) is 0 Å². The van der Waals surface area contributed by atoms with E-state index < -0.39 is 10.1 Å². The number of hydrogen-bond donors (Lipinski definition) is 1. The van der Waals surface area contributed by atoms with E-state index in [9.17, 15) is 8.42 Å². The predicted octanol–water partition coefficient (Wildman–Crippen LogP) is 2.72. The maximum Gasteiger partial charge on any atom is 0.294 e. The molecular formula is C14H14O3S. The molecule has 0 unspecified atom stereocenters. The second kappa shape index (κ2) is 5.33. The van der Waals surface area contributed by atoms with E-state index in [1.54, 1.807) is 12.1 Å². The molecule has 1 N–H and O–H groups in total. The van der Waals surface area contributed by atoms with Crippen molar-refractivity contribution in [1.82, 2.24) is 0 Å². The molecular weight excluding hydrogens is 248 g/mol. The second-order valence-corrected chi connectivity index (χ2v) is 5.53. The van der Waals surface area contributed by atoms with E-state index in [1.807, 2.05) is 18.2 Å². The summed E-state index contributed by atoms with van der Waals surface area (Å²) in [5.74, 6) is 0. The Balaban J connectivity index is 2.03. The van der Waals surface area contributed by atoms with Gasteiger partial charge < -0.3 is 0 Å². The molecule has 0 aliphatic rings. The van der Waals surface area contributed by atoms with E-state index in [4.69, 9.17) is 4.55 Å². The van der Waals surface area contributed by atoms with Gasteiger partial charge in [0.25, 0.3) is 10.1 Å². The van der Waals surface area contributed by atoms with E-state index in [-0.39, 0.29) is 4.90 Å². The molecule has 0 fully saturated rings. The summed E-state index contributed by atoms with van der Waals surface area (Å²) in [6.45, 7) is 0. The minimum absolute atomic E-state index is 0.0639. The van der Waals surface area contributed by atoms with E-state index in [0.29, 0.717) is 0 Å². The van der Waals surface area contributed by atoms with Gasteiger partial charge >= 0.3 is 0 Å². The van der Waals surface area contributed by atoms with Gasteiger partial charge in [-0.3, -0.25) is 4.55 Å². The molecule has 0 aliphatic heterocycles. The third-order valence-corrected chi connectivity index (χ3v) is 3.63. The molecule has 0 heterocycles. The lowest BCUT2D eigenvalue weighted by molar-refractivity contribution is 0.483. The molecule has 0 radical (unpaired) electrons. The van der Waals surface area contributed by atoms with Crippen LogP contribution in [0, 0.1) is 0 Å². The first-order chi connectivity index (χ1) is 8.55. The molecule has 0 aromatic heterocycles. The highest BCUT2D eigenvalue weighted by Crippen LogP contribution is 2.12. The van der Waals surface area contributed by atoms with Crippen LogP contribution in [0.15, 0.2) is 59.5 Å². The Morgan fingerprint density at radius 3 is 1.78 bits per heavy atom. The Morgan fingerprint density at radius 1 is 0.778 bits per heavy atom. The van der Waals surface area contributed by atoms with Gasteiger partial charge in [-0.25, -0.2) is 0 Å². The molecule has 3 nitrogen and oxygen atoms in total. The lowest BCUT2D eigenvalue weighted by Gasteiger charge is -2.03. The fourth-order valence-corrected chi connectivity index (χ4v) is 2.24. The first kappa shape index (κ1) is 12.8. The van der Waals surface area contributed by atoms with Gasteiger partial charge in [0.1, 0.15) is 0 Å². The Bertz CT molecular complexity index is 601. The van der Waals surface area contributed by atoms with Crippen LogP contribution >= 0.6 is 0 Å². The van der Waals surface area contributed by atoms with Crippen LogP contribution in [0.25, 0.3) is 0 Å². The van der Waals surface area contributed by atoms with Gasteiger partial charge in [-0.1, -0.05) is 42.5 Å². The highest BCUT2D eigenvalue weighted by molar-refractivity contribution is 7.85. The molecule has 4 heteroatoms. The maximum atomic E-state index is 10.9. The largest absolute Gasteiger partial charge is 0.294 e. The minimum Gasteiger partial charge on any atom is -0.282 e. The van der Waals surface area contributed by atoms with Crippen LogP contribution in [0.5, 0.6) is 0 Å². The summed E-state index contributed by atoms with van der Waals surface area (Å²) >= 11 is 0. The van der Waals surface area contributed by atoms with Gasteiger partial charge in [0.05, 0.1) is 4.90 Å². The number of hydrogen-bond acceptors (Lipinski definition) is 2. The lowest BCUT2D eigenvalue weighted by atomic mass is 10.0. The van der Waals surface area contributed by atoms with Gasteiger partial charge in [-0.15, -0.1) is 0 Å². The smallest absolute Gasteiger partial charge is 0.282 e. The molecule has 0 bridgehead atoms. The predicted molar refractivity (Wildman–Crippen MR) is 70.1 cm³/mol. The van der Waals surface area contributed by atoms with E-state index in [2.05, 4.69) is 12.1 Å². The van der Waals surface area contributed by atoms with Crippen LogP contribution in [0.1, 0.15) is 11.1 Å². The molecule has 0 spiro atoms. The standard InChI is InChI=1S/C14H14O3S/c15-18(16,17)14-10-8-13(9-11-14)7-6-12-4-2-1-3-5-12/h1-5,8-11H,6-7H2,(H,15,16,17). The van der Waals surface area contributed by atoms with Gasteiger partial charge in [0, 0.05) is 0 Å². The van der Waals surface area contributed by atoms with Crippen molar-refractivity contribution in [2.45, 2.75) is 17.7 Å². The van der Waals surface area contributed by atoms with Crippen molar-refractivity contribution >= 4 is 10.1 Å². The van der Waals surface area contributed by atoms with Gasteiger partial charge in [-0.05, 0) is 36.1 Å². The molecule has 0 atom stereocenters. The second-order valence-electron chi connectivity index (χ2n) is 4.10. The summed E-state index contributed by atoms with van der Waals surface area (Å²) < 4.78 is 30.6. The number of aryl methyl sites for hydroxylation is 2. The van der Waals surface area contributed by atoms with Gasteiger partial charge in [-0.2, -0.15) is 8.42 Å². The van der Waals surface area contributed by atoms with Crippen LogP contribution in [0.2, 0.25) is 0 Å². The zero-order valence-electron chi connectivity index (χ0n) is 9.78. The molecule has 18 heavy (non-hydrogen) atoms. The first-order valence-electron chi connectivity index (χ1n) is 5.66. The molecule has 0 aliphatic carbocycles. The van der Waals surface area contributed by atoms with Gasteiger partial charge in [0.2, 0.25) is 0 Å². The molecule has 2 aromatic rings. The minimum atomic E-state index is -4.09. The summed E-state index contributed by atoms with van der Waals surface area (Å²) in [5, 5.41) is 0. The maximum absolute atomic E-state index is 10.9. The summed E-state index contributed by atoms with van der Waals surface area (Å²) in [7, 11) is -4.09. The van der Waals surface area contributed by atoms with Crippen molar-refractivity contribution in [2.24, 2.45) is 0 Å². The molecule has 0 saturated carbocycles. The Morgan fingerprint density at radius 2 is 1.28 bits per heavy atom. The topological polar surface area (TPSA) is 54.4 Å². The van der Waals surface area contributed by atoms with Crippen molar-refractivity contribution in [1.29, 1.82) is 0 Å². The average Bonchev–Trinajstić information content (AvgIpc) is 2.37. The van der Waals surface area contributed by atoms with Gasteiger partial charge in [0.15, 0.2) is 0 Å². The Hall–Kier alpha value is -1.65. The average molecular weight is 262 g/mol. The third-order valence-electron chi connectivity index (χ3n) is 2.77. The highest BCUT2D eigenvalue weighted by Gasteiger charge is 2.08. The fraction of sp³-hybridized carbons (Fsp3) is 0.143. The van der Waals surface area contributed by atoms with Crippen molar-refractivity contribution in [3.8, 4) is 0 Å². The Kier molecular flexibility index (Phi) is 3.79. The number of rotatable bonds is 4. The molecule has 94 valence electrons. The summed E-state index contributed by atoms with van der Waals surface area (Å²) in [4.78, 5) is -0.0639. The normalized spacial score (nSPS) is 11.4. The van der Waals surface area contributed by atoms with Crippen LogP contribution < -0.4 is 0 Å². The van der Waals surface area contributed by atoms with Crippen molar-refractivity contribution < 1.29 is 13.0 Å². The van der Waals surface area contributed by atoms with E-state index in [0.717, 1.165) is 18.4 Å². The first-order valence-corrected chi connectivity index (χ1v) is 7.10. The lowest BCUT2D eigenvalue weighted by Crippen LogP contribution is -1.98. The monoisotopic (exact) mass is 262 g/mol. The summed E-state index contributed by atoms with van der Waals surface area (Å²) in [6.07, 6.45) is 1.75. The van der Waals surface area contributed by atoms with Crippen molar-refractivity contribution in [3.05, 3.63) is 65.7 Å². The zero-order chi connectivity index (χ0) is 13.0. The van der Waals surface area contributed by atoms with Crippen LogP contribution in [-0.2, 0) is 23.0 Å². The van der Waals surface area contributed by atoms with Crippen LogP contribution in [0.3, 0.4) is 0 Å². The third kappa shape index (κ3) is 3.42. The molecule has 2 aromatic carbocycles. The van der Waals surface area contributed by atoms with Crippen LogP contribution in [-0.4, -0.2) is 13.0 Å². The molecule has 2 rings (SSSR count). The van der Waals surface area contributed by atoms with Crippen molar-refractivity contribution in [3.63, 3.8) is 0 Å². The quantitative estimate of drug-likeness (QED) is 0.862. The Labute approximate surface area is 107 Å². The highest BCUT2D eigenvalue weighted by atomic mass is 32.2. The van der Waals surface area contributed by atoms with E-state index >= 15 is 0 Å². The summed E-state index contributed by atoms with van der Waals surface area (Å²) in [5.41, 5.74) is 2.29. The number of benzene rings is 2. The molecule has 0 saturated heterocycles. The molecule has 0 amide bonds. The van der Waals surface area contributed by atoms with Crippen LogP contribution in [0.4, 0.5) is 0 Å². The zero-order valence-corrected chi connectivity index (χ0v) is 10.6. The summed E-state index contributed by atoms with van der Waals surface area (Å²) in [6, 6.07) is 16.4.